The van der Waals surface area contributed by atoms with Crippen molar-refractivity contribution in [1.82, 2.24) is 10.2 Å². The van der Waals surface area contributed by atoms with E-state index in [1.165, 1.54) is 51.6 Å². The lowest BCUT2D eigenvalue weighted by atomic mass is 9.84. The molecule has 3 atom stereocenters. The van der Waals surface area contributed by atoms with E-state index in [1.807, 2.05) is 0 Å². The van der Waals surface area contributed by atoms with Crippen molar-refractivity contribution in [1.29, 1.82) is 0 Å². The molecule has 2 rings (SSSR count). The molecule has 100 valence electrons. The molecule has 1 saturated heterocycles. The Kier molecular flexibility index (Phi) is 4.87. The van der Waals surface area contributed by atoms with Crippen molar-refractivity contribution in [2.75, 3.05) is 13.1 Å². The summed E-state index contributed by atoms with van der Waals surface area (Å²) in [5, 5.41) is 3.65. The zero-order chi connectivity index (χ0) is 12.3. The fraction of sp³-hybridized carbons (Fsp3) is 1.00. The molecule has 0 radical (unpaired) electrons. The maximum atomic E-state index is 3.65. The van der Waals surface area contributed by atoms with Crippen LogP contribution >= 0.6 is 0 Å². The van der Waals surface area contributed by atoms with Crippen LogP contribution in [0.25, 0.3) is 0 Å². The molecule has 0 aromatic heterocycles. The molecule has 1 N–H and O–H groups in total. The summed E-state index contributed by atoms with van der Waals surface area (Å²) >= 11 is 0. The third-order valence-electron chi connectivity index (χ3n) is 4.75. The summed E-state index contributed by atoms with van der Waals surface area (Å²) in [4.78, 5) is 2.78. The SMILES string of the molecule is CC1CCCCC1N(CC1CCCN1)C(C)C. The Balaban J connectivity index is 1.94. The zero-order valence-corrected chi connectivity index (χ0v) is 11.9. The molecule has 1 saturated carbocycles. The summed E-state index contributed by atoms with van der Waals surface area (Å²) in [5.74, 6) is 0.896. The van der Waals surface area contributed by atoms with Crippen molar-refractivity contribution < 1.29 is 0 Å². The lowest BCUT2D eigenvalue weighted by Crippen LogP contribution is -2.50. The quantitative estimate of drug-likeness (QED) is 0.810. The lowest BCUT2D eigenvalue weighted by molar-refractivity contribution is 0.0743. The molecule has 1 aliphatic carbocycles. The third kappa shape index (κ3) is 3.45. The van der Waals surface area contributed by atoms with Crippen LogP contribution in [0, 0.1) is 5.92 Å². The molecule has 2 nitrogen and oxygen atoms in total. The Morgan fingerprint density at radius 3 is 2.47 bits per heavy atom. The van der Waals surface area contributed by atoms with Gasteiger partial charge < -0.3 is 5.32 Å². The Morgan fingerprint density at radius 2 is 1.88 bits per heavy atom. The minimum atomic E-state index is 0.697. The molecule has 0 spiro atoms. The first-order chi connectivity index (χ1) is 8.18. The minimum absolute atomic E-state index is 0.697. The van der Waals surface area contributed by atoms with Gasteiger partial charge in [0.05, 0.1) is 0 Å². The molecule has 17 heavy (non-hydrogen) atoms. The molecule has 0 aromatic carbocycles. The lowest BCUT2D eigenvalue weighted by Gasteiger charge is -2.42. The second-order valence-corrected chi connectivity index (χ2v) is 6.41. The maximum Gasteiger partial charge on any atom is 0.0195 e. The van der Waals surface area contributed by atoms with Crippen molar-refractivity contribution in [3.63, 3.8) is 0 Å². The monoisotopic (exact) mass is 238 g/mol. The van der Waals surface area contributed by atoms with Crippen molar-refractivity contribution in [2.45, 2.75) is 77.4 Å². The first-order valence-electron chi connectivity index (χ1n) is 7.67. The van der Waals surface area contributed by atoms with Gasteiger partial charge in [-0.1, -0.05) is 19.8 Å². The van der Waals surface area contributed by atoms with Gasteiger partial charge in [-0.15, -0.1) is 0 Å². The van der Waals surface area contributed by atoms with Crippen LogP contribution in [0.4, 0.5) is 0 Å². The highest BCUT2D eigenvalue weighted by atomic mass is 15.2. The van der Waals surface area contributed by atoms with Gasteiger partial charge in [-0.2, -0.15) is 0 Å². The summed E-state index contributed by atoms with van der Waals surface area (Å²) < 4.78 is 0. The molecule has 3 unspecified atom stereocenters. The smallest absolute Gasteiger partial charge is 0.0195 e. The van der Waals surface area contributed by atoms with Crippen LogP contribution in [0.5, 0.6) is 0 Å². The maximum absolute atomic E-state index is 3.65. The number of nitrogens with zero attached hydrogens (tertiary/aromatic N) is 1. The largest absolute Gasteiger partial charge is 0.313 e. The van der Waals surface area contributed by atoms with E-state index in [-0.39, 0.29) is 0 Å². The number of hydrogen-bond acceptors (Lipinski definition) is 2. The molecule has 2 fully saturated rings. The number of nitrogens with one attached hydrogen (secondary N) is 1. The first-order valence-corrected chi connectivity index (χ1v) is 7.67. The minimum Gasteiger partial charge on any atom is -0.313 e. The second-order valence-electron chi connectivity index (χ2n) is 6.41. The highest BCUT2D eigenvalue weighted by Gasteiger charge is 2.30. The van der Waals surface area contributed by atoms with Crippen LogP contribution < -0.4 is 5.32 Å². The number of rotatable bonds is 4. The molecular weight excluding hydrogens is 208 g/mol. The summed E-state index contributed by atoms with van der Waals surface area (Å²) in [6.45, 7) is 9.71. The molecule has 0 aromatic rings. The molecular formula is C15H30N2. The van der Waals surface area contributed by atoms with Crippen molar-refractivity contribution in [3.05, 3.63) is 0 Å². The highest BCUT2D eigenvalue weighted by Crippen LogP contribution is 2.29. The van der Waals surface area contributed by atoms with Gasteiger partial charge in [-0.05, 0) is 52.0 Å². The first kappa shape index (κ1) is 13.4. The highest BCUT2D eigenvalue weighted by molar-refractivity contribution is 4.87. The van der Waals surface area contributed by atoms with Gasteiger partial charge in [0, 0.05) is 24.7 Å². The molecule has 0 bridgehead atoms. The van der Waals surface area contributed by atoms with Gasteiger partial charge in [-0.25, -0.2) is 0 Å². The average Bonchev–Trinajstić information content (AvgIpc) is 2.79. The topological polar surface area (TPSA) is 15.3 Å². The van der Waals surface area contributed by atoms with Crippen LogP contribution in [-0.4, -0.2) is 36.1 Å². The zero-order valence-electron chi connectivity index (χ0n) is 11.9. The third-order valence-corrected chi connectivity index (χ3v) is 4.75. The van der Waals surface area contributed by atoms with E-state index >= 15 is 0 Å². The predicted molar refractivity (Wildman–Crippen MR) is 74.3 cm³/mol. The summed E-state index contributed by atoms with van der Waals surface area (Å²) in [7, 11) is 0. The summed E-state index contributed by atoms with van der Waals surface area (Å²) in [5.41, 5.74) is 0. The molecule has 2 heteroatoms. The van der Waals surface area contributed by atoms with Gasteiger partial charge in [0.2, 0.25) is 0 Å². The van der Waals surface area contributed by atoms with E-state index in [0.717, 1.165) is 18.0 Å². The van der Waals surface area contributed by atoms with E-state index in [2.05, 4.69) is 31.0 Å². The van der Waals surface area contributed by atoms with E-state index in [4.69, 9.17) is 0 Å². The molecule has 0 amide bonds. The van der Waals surface area contributed by atoms with E-state index in [9.17, 15) is 0 Å². The normalized spacial score (nSPS) is 34.8. The van der Waals surface area contributed by atoms with Gasteiger partial charge in [0.1, 0.15) is 0 Å². The van der Waals surface area contributed by atoms with Crippen LogP contribution in [0.15, 0.2) is 0 Å². The standard InChI is InChI=1S/C15H30N2/c1-12(2)17(11-14-8-6-10-16-14)15-9-5-4-7-13(15)3/h12-16H,4-11H2,1-3H3. The van der Waals surface area contributed by atoms with Crippen LogP contribution in [-0.2, 0) is 0 Å². The number of hydrogen-bond donors (Lipinski definition) is 1. The molecule has 1 aliphatic heterocycles. The predicted octanol–water partition coefficient (Wildman–Crippen LogP) is 3.03. The molecule has 2 aliphatic rings. The van der Waals surface area contributed by atoms with E-state index < -0.39 is 0 Å². The fourth-order valence-electron chi connectivity index (χ4n) is 3.69. The van der Waals surface area contributed by atoms with E-state index in [0.29, 0.717) is 6.04 Å². The molecule has 1 heterocycles. The van der Waals surface area contributed by atoms with Crippen LogP contribution in [0.3, 0.4) is 0 Å². The Labute approximate surface area is 107 Å². The van der Waals surface area contributed by atoms with Gasteiger partial charge >= 0.3 is 0 Å². The van der Waals surface area contributed by atoms with Crippen LogP contribution in [0.1, 0.15) is 59.3 Å². The Hall–Kier alpha value is -0.0800. The summed E-state index contributed by atoms with van der Waals surface area (Å²) in [6, 6.07) is 2.29. The van der Waals surface area contributed by atoms with Crippen LogP contribution in [0.2, 0.25) is 0 Å². The van der Waals surface area contributed by atoms with Gasteiger partial charge in [0.15, 0.2) is 0 Å². The van der Waals surface area contributed by atoms with Crippen molar-refractivity contribution >= 4 is 0 Å². The summed E-state index contributed by atoms with van der Waals surface area (Å²) in [6.07, 6.45) is 8.50. The second kappa shape index (κ2) is 6.19. The fourth-order valence-corrected chi connectivity index (χ4v) is 3.69. The van der Waals surface area contributed by atoms with E-state index in [1.54, 1.807) is 0 Å². The van der Waals surface area contributed by atoms with Crippen molar-refractivity contribution in [2.24, 2.45) is 5.92 Å². The van der Waals surface area contributed by atoms with Gasteiger partial charge in [0.25, 0.3) is 0 Å². The van der Waals surface area contributed by atoms with Crippen molar-refractivity contribution in [3.8, 4) is 0 Å². The Bertz CT molecular complexity index is 221. The average molecular weight is 238 g/mol. The Morgan fingerprint density at radius 1 is 1.12 bits per heavy atom. The van der Waals surface area contributed by atoms with Gasteiger partial charge in [-0.3, -0.25) is 4.90 Å².